The van der Waals surface area contributed by atoms with E-state index in [0.717, 1.165) is 11.3 Å². The molecule has 1 unspecified atom stereocenters. The molecule has 0 saturated heterocycles. The van der Waals surface area contributed by atoms with E-state index >= 15 is 0 Å². The molecule has 0 aliphatic carbocycles. The normalized spacial score (nSPS) is 12.2. The average Bonchev–Trinajstić information content (AvgIpc) is 2.50. The molecule has 0 aromatic heterocycles. The van der Waals surface area contributed by atoms with Crippen LogP contribution < -0.4 is 10.1 Å². The van der Waals surface area contributed by atoms with Crippen LogP contribution in [0.2, 0.25) is 5.02 Å². The minimum atomic E-state index is 0.0667. The van der Waals surface area contributed by atoms with Gasteiger partial charge in [-0.2, -0.15) is 0 Å². The number of ether oxygens (including phenoxy) is 1. The van der Waals surface area contributed by atoms with Crippen molar-refractivity contribution in [1.82, 2.24) is 5.32 Å². The fraction of sp³-hybridized carbons (Fsp3) is 0.250. The maximum Gasteiger partial charge on any atom is 0.120 e. The highest BCUT2D eigenvalue weighted by atomic mass is 35.5. The van der Waals surface area contributed by atoms with Gasteiger partial charge in [0.15, 0.2) is 0 Å². The summed E-state index contributed by atoms with van der Waals surface area (Å²) in [4.78, 5) is 1.25. The molecule has 2 aromatic carbocycles. The fourth-order valence-corrected chi connectivity index (χ4v) is 3.17. The van der Waals surface area contributed by atoms with Gasteiger partial charge < -0.3 is 10.1 Å². The van der Waals surface area contributed by atoms with Gasteiger partial charge in [0, 0.05) is 9.92 Å². The molecule has 20 heavy (non-hydrogen) atoms. The van der Waals surface area contributed by atoms with E-state index in [4.69, 9.17) is 16.3 Å². The summed E-state index contributed by atoms with van der Waals surface area (Å²) < 4.78 is 5.21. The number of rotatable bonds is 5. The highest BCUT2D eigenvalue weighted by molar-refractivity contribution is 7.98. The molecule has 0 aliphatic rings. The van der Waals surface area contributed by atoms with E-state index < -0.39 is 0 Å². The van der Waals surface area contributed by atoms with Crippen LogP contribution in [0.4, 0.5) is 0 Å². The zero-order chi connectivity index (χ0) is 14.5. The second kappa shape index (κ2) is 7.02. The third-order valence-electron chi connectivity index (χ3n) is 3.26. The molecule has 2 nitrogen and oxygen atoms in total. The summed E-state index contributed by atoms with van der Waals surface area (Å²) in [6, 6.07) is 14.2. The fourth-order valence-electron chi connectivity index (χ4n) is 2.25. The lowest BCUT2D eigenvalue weighted by Gasteiger charge is -2.21. The largest absolute Gasteiger partial charge is 0.497 e. The Hall–Kier alpha value is -1.16. The topological polar surface area (TPSA) is 21.3 Å². The van der Waals surface area contributed by atoms with Crippen molar-refractivity contribution in [3.8, 4) is 5.75 Å². The molecular weight excluding hydrogens is 290 g/mol. The number of benzene rings is 2. The number of methoxy groups -OCH3 is 1. The van der Waals surface area contributed by atoms with E-state index in [1.54, 1.807) is 18.9 Å². The molecule has 0 radical (unpaired) electrons. The van der Waals surface area contributed by atoms with Gasteiger partial charge in [0.05, 0.1) is 13.2 Å². The van der Waals surface area contributed by atoms with Gasteiger partial charge in [0.25, 0.3) is 0 Å². The van der Waals surface area contributed by atoms with Gasteiger partial charge in [-0.25, -0.2) is 0 Å². The summed E-state index contributed by atoms with van der Waals surface area (Å²) in [6.07, 6.45) is 2.08. The summed E-state index contributed by atoms with van der Waals surface area (Å²) in [6.45, 7) is 0. The summed E-state index contributed by atoms with van der Waals surface area (Å²) in [5.74, 6) is 0.770. The predicted molar refractivity (Wildman–Crippen MR) is 87.1 cm³/mol. The lowest BCUT2D eigenvalue weighted by atomic mass is 9.98. The van der Waals surface area contributed by atoms with Crippen LogP contribution in [0.1, 0.15) is 17.2 Å². The van der Waals surface area contributed by atoms with Gasteiger partial charge in [-0.15, -0.1) is 11.8 Å². The Labute approximate surface area is 129 Å². The minimum Gasteiger partial charge on any atom is -0.497 e. The van der Waals surface area contributed by atoms with Crippen LogP contribution in [-0.4, -0.2) is 20.4 Å². The van der Waals surface area contributed by atoms with Crippen molar-refractivity contribution in [1.29, 1.82) is 0 Å². The SMILES string of the molecule is CNC(c1ccc(OC)cc1Cl)c1ccccc1SC. The first-order valence-corrected chi connectivity index (χ1v) is 7.95. The molecule has 0 aliphatic heterocycles. The predicted octanol–water partition coefficient (Wildman–Crippen LogP) is 4.38. The van der Waals surface area contributed by atoms with E-state index in [0.29, 0.717) is 5.02 Å². The zero-order valence-corrected chi connectivity index (χ0v) is 13.4. The summed E-state index contributed by atoms with van der Waals surface area (Å²) in [5, 5.41) is 4.06. The minimum absolute atomic E-state index is 0.0667. The highest BCUT2D eigenvalue weighted by Gasteiger charge is 2.18. The Balaban J connectivity index is 2.47. The molecule has 4 heteroatoms. The van der Waals surface area contributed by atoms with Crippen molar-refractivity contribution in [3.63, 3.8) is 0 Å². The second-order valence-electron chi connectivity index (χ2n) is 4.35. The molecule has 0 spiro atoms. The molecule has 0 fully saturated rings. The van der Waals surface area contributed by atoms with Crippen LogP contribution in [0.25, 0.3) is 0 Å². The van der Waals surface area contributed by atoms with Crippen molar-refractivity contribution in [2.24, 2.45) is 0 Å². The first-order chi connectivity index (χ1) is 9.71. The van der Waals surface area contributed by atoms with Crippen LogP contribution >= 0.6 is 23.4 Å². The Morgan fingerprint density at radius 3 is 2.50 bits per heavy atom. The van der Waals surface area contributed by atoms with Crippen molar-refractivity contribution >= 4 is 23.4 Å². The average molecular weight is 308 g/mol. The Bertz CT molecular complexity index is 588. The lowest BCUT2D eigenvalue weighted by Crippen LogP contribution is -2.18. The molecule has 2 aromatic rings. The molecule has 0 amide bonds. The number of nitrogens with one attached hydrogen (secondary N) is 1. The molecule has 0 heterocycles. The molecule has 2 rings (SSSR count). The van der Waals surface area contributed by atoms with Gasteiger partial charge in [0.2, 0.25) is 0 Å². The molecular formula is C16H18ClNOS. The maximum absolute atomic E-state index is 6.40. The van der Waals surface area contributed by atoms with Crippen LogP contribution in [0.3, 0.4) is 0 Å². The van der Waals surface area contributed by atoms with Crippen LogP contribution in [0.5, 0.6) is 5.75 Å². The van der Waals surface area contributed by atoms with Crippen molar-refractivity contribution in [2.45, 2.75) is 10.9 Å². The Morgan fingerprint density at radius 2 is 1.90 bits per heavy atom. The van der Waals surface area contributed by atoms with Crippen molar-refractivity contribution in [2.75, 3.05) is 20.4 Å². The molecule has 106 valence electrons. The van der Waals surface area contributed by atoms with Crippen molar-refractivity contribution < 1.29 is 4.74 Å². The van der Waals surface area contributed by atoms with E-state index in [2.05, 4.69) is 35.8 Å². The highest BCUT2D eigenvalue weighted by Crippen LogP contribution is 2.34. The van der Waals surface area contributed by atoms with Crippen LogP contribution in [0.15, 0.2) is 47.4 Å². The molecule has 0 saturated carbocycles. The number of hydrogen-bond donors (Lipinski definition) is 1. The zero-order valence-electron chi connectivity index (χ0n) is 11.8. The maximum atomic E-state index is 6.40. The number of thioether (sulfide) groups is 1. The standard InChI is InChI=1S/C16H18ClNOS/c1-18-16(13-6-4-5-7-15(13)20-3)12-9-8-11(19-2)10-14(12)17/h4-10,16,18H,1-3H3. The van der Waals surface area contributed by atoms with E-state index in [1.165, 1.54) is 10.5 Å². The smallest absolute Gasteiger partial charge is 0.120 e. The summed E-state index contributed by atoms with van der Waals surface area (Å²) >= 11 is 8.14. The number of hydrogen-bond acceptors (Lipinski definition) is 3. The molecule has 1 atom stereocenters. The van der Waals surface area contributed by atoms with E-state index in [1.807, 2.05) is 25.2 Å². The number of halogens is 1. The second-order valence-corrected chi connectivity index (χ2v) is 5.61. The third kappa shape index (κ3) is 3.11. The third-order valence-corrected chi connectivity index (χ3v) is 4.40. The lowest BCUT2D eigenvalue weighted by molar-refractivity contribution is 0.414. The quantitative estimate of drug-likeness (QED) is 0.828. The van der Waals surface area contributed by atoms with Gasteiger partial charge in [-0.05, 0) is 42.6 Å². The monoisotopic (exact) mass is 307 g/mol. The summed E-state index contributed by atoms with van der Waals surface area (Å²) in [5.41, 5.74) is 2.28. The van der Waals surface area contributed by atoms with Crippen molar-refractivity contribution in [3.05, 3.63) is 58.6 Å². The molecule has 0 bridgehead atoms. The van der Waals surface area contributed by atoms with E-state index in [9.17, 15) is 0 Å². The van der Waals surface area contributed by atoms with Gasteiger partial charge in [0.1, 0.15) is 5.75 Å². The summed E-state index contributed by atoms with van der Waals surface area (Å²) in [7, 11) is 3.59. The van der Waals surface area contributed by atoms with Gasteiger partial charge >= 0.3 is 0 Å². The first-order valence-electron chi connectivity index (χ1n) is 6.35. The van der Waals surface area contributed by atoms with Crippen LogP contribution in [-0.2, 0) is 0 Å². The van der Waals surface area contributed by atoms with Gasteiger partial charge in [-0.1, -0.05) is 35.9 Å². The first kappa shape index (κ1) is 15.2. The molecule has 1 N–H and O–H groups in total. The Morgan fingerprint density at radius 1 is 1.15 bits per heavy atom. The van der Waals surface area contributed by atoms with Crippen LogP contribution in [0, 0.1) is 0 Å². The van der Waals surface area contributed by atoms with Gasteiger partial charge in [-0.3, -0.25) is 0 Å². The van der Waals surface area contributed by atoms with E-state index in [-0.39, 0.29) is 6.04 Å². The Kier molecular flexibility index (Phi) is 5.35.